The highest BCUT2D eigenvalue weighted by atomic mass is 32.2. The normalized spacial score (nSPS) is 20.6. The van der Waals surface area contributed by atoms with Gasteiger partial charge in [0.2, 0.25) is 5.91 Å². The van der Waals surface area contributed by atoms with Gasteiger partial charge in [-0.3, -0.25) is 9.59 Å². The van der Waals surface area contributed by atoms with E-state index in [1.54, 1.807) is 12.1 Å². The zero-order valence-corrected chi connectivity index (χ0v) is 11.6. The lowest BCUT2D eigenvalue weighted by molar-refractivity contribution is -0.141. The van der Waals surface area contributed by atoms with E-state index in [0.29, 0.717) is 17.3 Å². The van der Waals surface area contributed by atoms with Crippen molar-refractivity contribution in [3.63, 3.8) is 0 Å². The number of hydrogen-bond donors (Lipinski definition) is 1. The number of amides is 1. The highest BCUT2D eigenvalue weighted by Gasteiger charge is 2.30. The van der Waals surface area contributed by atoms with Crippen molar-refractivity contribution in [1.82, 2.24) is 5.32 Å². The lowest BCUT2D eigenvalue weighted by Crippen LogP contribution is -2.25. The maximum absolute atomic E-state index is 11.6. The second-order valence-corrected chi connectivity index (χ2v) is 5.08. The average Bonchev–Trinajstić information content (AvgIpc) is 3.00. The van der Waals surface area contributed by atoms with Crippen LogP contribution in [0.4, 0.5) is 0 Å². The molecule has 7 nitrogen and oxygen atoms in total. The zero-order chi connectivity index (χ0) is 14.4. The van der Waals surface area contributed by atoms with Gasteiger partial charge in [0.1, 0.15) is 5.76 Å². The molecule has 2 heterocycles. The van der Waals surface area contributed by atoms with Gasteiger partial charge in [0.05, 0.1) is 24.3 Å². The maximum Gasteiger partial charge on any atom is 0.302 e. The summed E-state index contributed by atoms with van der Waals surface area (Å²) in [4.78, 5) is 22.3. The molecule has 20 heavy (non-hydrogen) atoms. The molecule has 8 heteroatoms. The van der Waals surface area contributed by atoms with Crippen LogP contribution < -0.4 is 5.32 Å². The molecule has 106 valence electrons. The molecular weight excluding hydrogens is 282 g/mol. The van der Waals surface area contributed by atoms with E-state index < -0.39 is 0 Å². The summed E-state index contributed by atoms with van der Waals surface area (Å²) in [5, 5.41) is 10.4. The Bertz CT molecular complexity index is 539. The van der Waals surface area contributed by atoms with Gasteiger partial charge in [-0.15, -0.1) is 5.10 Å². The molecule has 2 rings (SSSR count). The van der Waals surface area contributed by atoms with Gasteiger partial charge in [0.15, 0.2) is 5.17 Å². The number of carbonyl (C=O) groups is 2. The summed E-state index contributed by atoms with van der Waals surface area (Å²) >= 11 is 1.26. The molecule has 0 saturated carbocycles. The predicted molar refractivity (Wildman–Crippen MR) is 74.5 cm³/mol. The second kappa shape index (κ2) is 6.90. The van der Waals surface area contributed by atoms with Crippen LogP contribution in [0.1, 0.15) is 19.1 Å². The van der Waals surface area contributed by atoms with Crippen LogP contribution in [0.25, 0.3) is 0 Å². The number of nitrogens with zero attached hydrogens (tertiary/aromatic N) is 2. The highest BCUT2D eigenvalue weighted by molar-refractivity contribution is 8.15. The van der Waals surface area contributed by atoms with E-state index in [9.17, 15) is 9.59 Å². The fourth-order valence-corrected chi connectivity index (χ4v) is 2.36. The van der Waals surface area contributed by atoms with E-state index in [0.717, 1.165) is 0 Å². The third kappa shape index (κ3) is 4.23. The molecule has 1 aliphatic rings. The third-order valence-electron chi connectivity index (χ3n) is 2.34. The van der Waals surface area contributed by atoms with Crippen molar-refractivity contribution in [1.29, 1.82) is 0 Å². The van der Waals surface area contributed by atoms with Gasteiger partial charge in [-0.2, -0.15) is 5.10 Å². The van der Waals surface area contributed by atoms with E-state index in [2.05, 4.69) is 15.5 Å². The van der Waals surface area contributed by atoms with E-state index >= 15 is 0 Å². The summed E-state index contributed by atoms with van der Waals surface area (Å²) in [5.41, 5.74) is 0. The van der Waals surface area contributed by atoms with Crippen LogP contribution in [0, 0.1) is 0 Å². The van der Waals surface area contributed by atoms with E-state index in [-0.39, 0.29) is 23.7 Å². The number of thioether (sulfide) groups is 1. The monoisotopic (exact) mass is 295 g/mol. The number of rotatable bonds is 5. The molecule has 0 aromatic carbocycles. The van der Waals surface area contributed by atoms with Crippen LogP contribution in [-0.2, 0) is 14.3 Å². The zero-order valence-electron chi connectivity index (χ0n) is 10.7. The summed E-state index contributed by atoms with van der Waals surface area (Å²) in [6, 6.07) is 3.48. The first-order valence-electron chi connectivity index (χ1n) is 5.90. The van der Waals surface area contributed by atoms with Crippen molar-refractivity contribution >= 4 is 35.0 Å². The lowest BCUT2D eigenvalue weighted by atomic mass is 10.3. The van der Waals surface area contributed by atoms with E-state index in [4.69, 9.17) is 9.15 Å². The average molecular weight is 295 g/mol. The van der Waals surface area contributed by atoms with Crippen LogP contribution in [0.15, 0.2) is 33.0 Å². The molecule has 0 spiro atoms. The fraction of sp³-hybridized carbons (Fsp3) is 0.333. The third-order valence-corrected chi connectivity index (χ3v) is 3.48. The molecule has 1 aliphatic heterocycles. The van der Waals surface area contributed by atoms with Crippen LogP contribution in [-0.4, -0.2) is 35.1 Å². The summed E-state index contributed by atoms with van der Waals surface area (Å²) < 4.78 is 9.86. The molecule has 1 atom stereocenters. The van der Waals surface area contributed by atoms with Gasteiger partial charge in [-0.05, 0) is 12.1 Å². The lowest BCUT2D eigenvalue weighted by Gasteiger charge is -2.04. The quantitative estimate of drug-likeness (QED) is 0.500. The maximum atomic E-state index is 11.6. The van der Waals surface area contributed by atoms with Crippen molar-refractivity contribution in [2.45, 2.75) is 18.6 Å². The van der Waals surface area contributed by atoms with Crippen molar-refractivity contribution in [3.8, 4) is 0 Å². The van der Waals surface area contributed by atoms with Crippen LogP contribution in [0.5, 0.6) is 0 Å². The molecule has 0 aliphatic carbocycles. The number of furan rings is 1. The first-order chi connectivity index (χ1) is 9.65. The minimum absolute atomic E-state index is 0.158. The number of amidine groups is 1. The summed E-state index contributed by atoms with van der Waals surface area (Å²) in [7, 11) is 0. The SMILES string of the molecule is CC(=O)OCCC1S/C(=N/N=C\c2ccco2)NC1=O. The Labute approximate surface area is 119 Å². The summed E-state index contributed by atoms with van der Waals surface area (Å²) in [5.74, 6) is 0.0644. The number of carbonyl (C=O) groups excluding carboxylic acids is 2. The van der Waals surface area contributed by atoms with Gasteiger partial charge in [0.25, 0.3) is 0 Å². The minimum Gasteiger partial charge on any atom is -0.466 e. The number of nitrogens with one attached hydrogen (secondary N) is 1. The number of ether oxygens (including phenoxy) is 1. The second-order valence-electron chi connectivity index (χ2n) is 3.89. The molecule has 1 amide bonds. The first-order valence-corrected chi connectivity index (χ1v) is 6.78. The molecule has 1 unspecified atom stereocenters. The van der Waals surface area contributed by atoms with Crippen LogP contribution >= 0.6 is 11.8 Å². The Balaban J connectivity index is 1.83. The van der Waals surface area contributed by atoms with Crippen molar-refractivity contribution in [2.75, 3.05) is 6.61 Å². The van der Waals surface area contributed by atoms with Gasteiger partial charge in [-0.25, -0.2) is 0 Å². The smallest absolute Gasteiger partial charge is 0.302 e. The summed E-state index contributed by atoms with van der Waals surface area (Å²) in [6.07, 6.45) is 3.43. The highest BCUT2D eigenvalue weighted by Crippen LogP contribution is 2.22. The van der Waals surface area contributed by atoms with Gasteiger partial charge >= 0.3 is 5.97 Å². The van der Waals surface area contributed by atoms with Gasteiger partial charge in [-0.1, -0.05) is 11.8 Å². The molecule has 0 radical (unpaired) electrons. The Kier molecular flexibility index (Phi) is 4.94. The van der Waals surface area contributed by atoms with E-state index in [1.807, 2.05) is 0 Å². The molecule has 1 aromatic rings. The van der Waals surface area contributed by atoms with Crippen LogP contribution in [0.3, 0.4) is 0 Å². The predicted octanol–water partition coefficient (Wildman–Crippen LogP) is 1.15. The van der Waals surface area contributed by atoms with Crippen molar-refractivity contribution < 1.29 is 18.7 Å². The molecule has 1 fully saturated rings. The molecule has 1 saturated heterocycles. The summed E-state index contributed by atoms with van der Waals surface area (Å²) in [6.45, 7) is 1.54. The van der Waals surface area contributed by atoms with Crippen LogP contribution in [0.2, 0.25) is 0 Å². The van der Waals surface area contributed by atoms with E-state index in [1.165, 1.54) is 31.2 Å². The minimum atomic E-state index is -0.356. The standard InChI is InChI=1S/C12H13N3O4S/c1-8(16)18-6-4-10-11(17)14-12(20-10)15-13-7-9-3-2-5-19-9/h2-3,5,7,10H,4,6H2,1H3,(H,14,15,17)/b13-7-. The number of esters is 1. The Morgan fingerprint density at radius 1 is 1.65 bits per heavy atom. The first kappa shape index (κ1) is 14.3. The number of hydrogen-bond acceptors (Lipinski definition) is 7. The van der Waals surface area contributed by atoms with Gasteiger partial charge in [0, 0.05) is 13.3 Å². The largest absolute Gasteiger partial charge is 0.466 e. The Morgan fingerprint density at radius 2 is 2.50 bits per heavy atom. The van der Waals surface area contributed by atoms with Crippen molar-refractivity contribution in [3.05, 3.63) is 24.2 Å². The molecular formula is C12H13N3O4S. The molecule has 0 bridgehead atoms. The molecule has 1 N–H and O–H groups in total. The topological polar surface area (TPSA) is 93.3 Å². The van der Waals surface area contributed by atoms with Gasteiger partial charge < -0.3 is 14.5 Å². The fourth-order valence-electron chi connectivity index (χ4n) is 1.45. The molecule has 1 aromatic heterocycles. The van der Waals surface area contributed by atoms with Crippen molar-refractivity contribution in [2.24, 2.45) is 10.2 Å². The Hall–Kier alpha value is -2.09. The Morgan fingerprint density at radius 3 is 3.20 bits per heavy atom.